The predicted octanol–water partition coefficient (Wildman–Crippen LogP) is 3.63. The van der Waals surface area contributed by atoms with E-state index in [0.717, 1.165) is 31.4 Å². The number of rotatable bonds is 1. The fourth-order valence-corrected chi connectivity index (χ4v) is 6.37. The number of fused-ring (bicyclic) bond motifs is 5. The zero-order chi connectivity index (χ0) is 16.4. The van der Waals surface area contributed by atoms with Crippen LogP contribution in [0.5, 0.6) is 0 Å². The van der Waals surface area contributed by atoms with Crippen molar-refractivity contribution in [1.29, 1.82) is 0 Å². The highest BCUT2D eigenvalue weighted by molar-refractivity contribution is 5.87. The molecule has 2 fully saturated rings. The maximum absolute atomic E-state index is 12.4. The number of carbonyl (C=O) groups is 1. The summed E-state index contributed by atoms with van der Waals surface area (Å²) in [4.78, 5) is 12.4. The molecule has 3 heteroatoms. The minimum absolute atomic E-state index is 0.0251. The van der Waals surface area contributed by atoms with E-state index in [1.807, 2.05) is 0 Å². The average molecular weight is 316 g/mol. The molecule has 0 bridgehead atoms. The average Bonchev–Trinajstić information content (AvgIpc) is 2.81. The van der Waals surface area contributed by atoms with Gasteiger partial charge in [0.1, 0.15) is 5.78 Å². The van der Waals surface area contributed by atoms with Gasteiger partial charge in [-0.25, -0.2) is 0 Å². The van der Waals surface area contributed by atoms with E-state index in [-0.39, 0.29) is 22.9 Å². The highest BCUT2D eigenvalue weighted by atomic mass is 16.5. The van der Waals surface area contributed by atoms with Crippen molar-refractivity contribution in [2.45, 2.75) is 58.5 Å². The van der Waals surface area contributed by atoms with Crippen molar-refractivity contribution in [3.05, 3.63) is 23.5 Å². The van der Waals surface area contributed by atoms with E-state index in [0.29, 0.717) is 30.5 Å². The molecule has 6 atom stereocenters. The number of Topliss-reactive ketones (excluding diaryl/α,β-unsaturated/α-hetero) is 1. The summed E-state index contributed by atoms with van der Waals surface area (Å²) < 4.78 is 5.46. The van der Waals surface area contributed by atoms with Crippen LogP contribution in [0.25, 0.3) is 0 Å². The lowest BCUT2D eigenvalue weighted by molar-refractivity contribution is -0.143. The topological polar surface area (TPSA) is 46.5 Å². The Bertz CT molecular complexity index is 604. The van der Waals surface area contributed by atoms with E-state index in [2.05, 4.69) is 26.0 Å². The van der Waals surface area contributed by atoms with Gasteiger partial charge in [-0.3, -0.25) is 4.79 Å². The zero-order valence-electron chi connectivity index (χ0n) is 14.5. The minimum atomic E-state index is -0.366. The zero-order valence-corrected chi connectivity index (χ0v) is 14.5. The monoisotopic (exact) mass is 316 g/mol. The summed E-state index contributed by atoms with van der Waals surface area (Å²) in [6, 6.07) is 0. The van der Waals surface area contributed by atoms with Gasteiger partial charge in [-0.05, 0) is 60.5 Å². The van der Waals surface area contributed by atoms with Gasteiger partial charge in [-0.15, -0.1) is 0 Å². The highest BCUT2D eigenvalue weighted by Gasteiger charge is 2.61. The van der Waals surface area contributed by atoms with Crippen molar-refractivity contribution in [3.8, 4) is 0 Å². The van der Waals surface area contributed by atoms with Gasteiger partial charge >= 0.3 is 0 Å². The van der Waals surface area contributed by atoms with Crippen LogP contribution in [-0.4, -0.2) is 24.1 Å². The Morgan fingerprint density at radius 3 is 2.78 bits per heavy atom. The van der Waals surface area contributed by atoms with Crippen LogP contribution in [0, 0.1) is 28.6 Å². The molecule has 0 spiro atoms. The lowest BCUT2D eigenvalue weighted by atomic mass is 9.48. The molecule has 126 valence electrons. The number of ether oxygens (including phenoxy) is 1. The first-order valence-corrected chi connectivity index (χ1v) is 9.07. The molecule has 0 aromatic rings. The fraction of sp³-hybridized carbons (Fsp3) is 0.750. The molecule has 0 heterocycles. The molecular weight excluding hydrogens is 288 g/mol. The summed E-state index contributed by atoms with van der Waals surface area (Å²) in [6.45, 7) is 4.43. The van der Waals surface area contributed by atoms with Gasteiger partial charge in [0.2, 0.25) is 0 Å². The molecule has 0 radical (unpaired) electrons. The third-order valence-electron chi connectivity index (χ3n) is 7.64. The van der Waals surface area contributed by atoms with Gasteiger partial charge < -0.3 is 9.84 Å². The second kappa shape index (κ2) is 4.95. The summed E-state index contributed by atoms with van der Waals surface area (Å²) in [5.41, 5.74) is 1.08. The van der Waals surface area contributed by atoms with Crippen LogP contribution < -0.4 is 0 Å². The highest BCUT2D eigenvalue weighted by Crippen LogP contribution is 2.63. The van der Waals surface area contributed by atoms with Crippen LogP contribution in [0.4, 0.5) is 0 Å². The summed E-state index contributed by atoms with van der Waals surface area (Å²) in [5, 5.41) is 11.0. The van der Waals surface area contributed by atoms with Gasteiger partial charge in [-0.1, -0.05) is 19.9 Å². The van der Waals surface area contributed by atoms with Crippen LogP contribution in [-0.2, 0) is 9.53 Å². The van der Waals surface area contributed by atoms with Gasteiger partial charge in [0, 0.05) is 18.3 Å². The van der Waals surface area contributed by atoms with Crippen molar-refractivity contribution in [3.63, 3.8) is 0 Å². The van der Waals surface area contributed by atoms with E-state index >= 15 is 0 Å². The number of hydrogen-bond acceptors (Lipinski definition) is 3. The van der Waals surface area contributed by atoms with Crippen molar-refractivity contribution >= 4 is 5.78 Å². The first-order chi connectivity index (χ1) is 10.9. The van der Waals surface area contributed by atoms with Gasteiger partial charge in [0.05, 0.1) is 19.0 Å². The smallest absolute Gasteiger partial charge is 0.139 e. The quantitative estimate of drug-likeness (QED) is 0.803. The van der Waals surface area contributed by atoms with Crippen molar-refractivity contribution in [2.24, 2.45) is 28.6 Å². The largest absolute Gasteiger partial charge is 0.501 e. The fourth-order valence-electron chi connectivity index (χ4n) is 6.37. The molecule has 0 aliphatic heterocycles. The van der Waals surface area contributed by atoms with E-state index < -0.39 is 0 Å². The summed E-state index contributed by atoms with van der Waals surface area (Å²) >= 11 is 0. The molecule has 0 unspecified atom stereocenters. The van der Waals surface area contributed by atoms with Crippen LogP contribution in [0.15, 0.2) is 23.5 Å². The summed E-state index contributed by atoms with van der Waals surface area (Å²) in [7, 11) is 1.74. The van der Waals surface area contributed by atoms with Gasteiger partial charge in [0.25, 0.3) is 0 Å². The lowest BCUT2D eigenvalue weighted by Crippen LogP contribution is -2.55. The van der Waals surface area contributed by atoms with Crippen LogP contribution in [0.2, 0.25) is 0 Å². The maximum Gasteiger partial charge on any atom is 0.139 e. The minimum Gasteiger partial charge on any atom is -0.501 e. The normalized spacial score (nSPS) is 48.8. The lowest BCUT2D eigenvalue weighted by Gasteiger charge is -2.57. The molecular formula is C20H28O3. The number of aliphatic hydroxyl groups excluding tert-OH is 1. The first-order valence-electron chi connectivity index (χ1n) is 9.07. The molecule has 0 saturated heterocycles. The van der Waals surface area contributed by atoms with Crippen molar-refractivity contribution in [1.82, 2.24) is 0 Å². The number of aliphatic hydroxyl groups is 1. The Morgan fingerprint density at radius 2 is 2.04 bits per heavy atom. The third-order valence-corrected chi connectivity index (χ3v) is 7.64. The van der Waals surface area contributed by atoms with Crippen LogP contribution in [0.3, 0.4) is 0 Å². The summed E-state index contributed by atoms with van der Waals surface area (Å²) in [6.07, 6.45) is 9.54. The number of ketones is 1. The molecule has 2 saturated carbocycles. The number of methoxy groups -OCH3 is 1. The maximum atomic E-state index is 12.4. The standard InChI is InChI=1S/C20H28O3/c1-19-9-8-13(23-3)10-12(19)4-5-14-15-6-7-17(22)20(15,2)11-16(21)18(14)19/h4,10,14-16,18,21H,5-9,11H2,1-3H3/t14-,15-,16+,18+,19-,20-/m0/s1. The number of allylic oxidation sites excluding steroid dienone is 4. The Hall–Kier alpha value is -1.09. The van der Waals surface area contributed by atoms with Crippen molar-refractivity contribution < 1.29 is 14.6 Å². The van der Waals surface area contributed by atoms with E-state index in [1.165, 1.54) is 5.57 Å². The van der Waals surface area contributed by atoms with Crippen LogP contribution >= 0.6 is 0 Å². The predicted molar refractivity (Wildman–Crippen MR) is 88.6 cm³/mol. The molecule has 4 aliphatic carbocycles. The Morgan fingerprint density at radius 1 is 1.26 bits per heavy atom. The molecule has 4 aliphatic rings. The molecule has 0 aromatic carbocycles. The number of hydrogen-bond donors (Lipinski definition) is 1. The third kappa shape index (κ3) is 1.95. The van der Waals surface area contributed by atoms with Crippen LogP contribution in [0.1, 0.15) is 52.4 Å². The SMILES string of the molecule is COC1=CC2=CC[C@@H]3[C@H]([C@H](O)C[C@]4(C)C(=O)CC[C@@H]34)[C@@]2(C)CC1. The van der Waals surface area contributed by atoms with Gasteiger partial charge in [-0.2, -0.15) is 0 Å². The molecule has 3 nitrogen and oxygen atoms in total. The molecule has 23 heavy (non-hydrogen) atoms. The Balaban J connectivity index is 1.75. The van der Waals surface area contributed by atoms with Crippen molar-refractivity contribution in [2.75, 3.05) is 7.11 Å². The number of carbonyl (C=O) groups excluding carboxylic acids is 1. The second-order valence-corrected chi connectivity index (χ2v) is 8.57. The molecule has 0 amide bonds. The van der Waals surface area contributed by atoms with E-state index in [1.54, 1.807) is 7.11 Å². The first kappa shape index (κ1) is 15.4. The van der Waals surface area contributed by atoms with E-state index in [4.69, 9.17) is 4.74 Å². The summed E-state index contributed by atoms with van der Waals surface area (Å²) in [5.74, 6) is 2.61. The molecule has 4 rings (SSSR count). The molecule has 0 aromatic heterocycles. The second-order valence-electron chi connectivity index (χ2n) is 8.57. The molecule has 1 N–H and O–H groups in total. The Labute approximate surface area is 138 Å². The Kier molecular flexibility index (Phi) is 3.32. The van der Waals surface area contributed by atoms with E-state index in [9.17, 15) is 9.90 Å². The van der Waals surface area contributed by atoms with Gasteiger partial charge in [0.15, 0.2) is 0 Å².